The fourth-order valence-corrected chi connectivity index (χ4v) is 3.95. The molecule has 0 unspecified atom stereocenters. The first-order valence-corrected chi connectivity index (χ1v) is 10.9. The minimum Gasteiger partial charge on any atom is -0.508 e. The molecule has 7 heteroatoms. The summed E-state index contributed by atoms with van der Waals surface area (Å²) in [7, 11) is 0. The molecule has 0 spiro atoms. The summed E-state index contributed by atoms with van der Waals surface area (Å²) >= 11 is 0. The van der Waals surface area contributed by atoms with E-state index in [1.165, 1.54) is 38.1 Å². The number of piperazine rings is 1. The molecule has 2 fully saturated rings. The number of carbonyl (C=O) groups is 2. The highest BCUT2D eigenvalue weighted by atomic mass is 16.3. The first kappa shape index (κ1) is 21.4. The molecule has 3 rings (SSSR count). The van der Waals surface area contributed by atoms with Gasteiger partial charge in [0.15, 0.2) is 0 Å². The SMILES string of the molecule is CC1CCN(CCCCNC(=O)N2CCN(C(=O)c3ccc(O)cc3)CC2)CC1. The Labute approximate surface area is 173 Å². The van der Waals surface area contributed by atoms with Crippen molar-refractivity contribution in [2.24, 2.45) is 5.92 Å². The van der Waals surface area contributed by atoms with E-state index in [1.807, 2.05) is 0 Å². The number of aromatic hydroxyl groups is 1. The molecule has 7 nitrogen and oxygen atoms in total. The maximum Gasteiger partial charge on any atom is 0.317 e. The molecule has 1 aromatic rings. The van der Waals surface area contributed by atoms with Crippen LogP contribution in [0.1, 0.15) is 43.0 Å². The van der Waals surface area contributed by atoms with Crippen molar-refractivity contribution in [3.63, 3.8) is 0 Å². The summed E-state index contributed by atoms with van der Waals surface area (Å²) in [6.45, 7) is 8.72. The number of carbonyl (C=O) groups excluding carboxylic acids is 2. The van der Waals surface area contributed by atoms with Gasteiger partial charge in [-0.3, -0.25) is 4.79 Å². The summed E-state index contributed by atoms with van der Waals surface area (Å²) in [6.07, 6.45) is 4.72. The molecule has 1 aromatic carbocycles. The molecule has 2 saturated heterocycles. The molecule has 3 amide bonds. The van der Waals surface area contributed by atoms with Gasteiger partial charge in [0.05, 0.1) is 0 Å². The lowest BCUT2D eigenvalue weighted by molar-refractivity contribution is 0.0665. The highest BCUT2D eigenvalue weighted by molar-refractivity contribution is 5.94. The van der Waals surface area contributed by atoms with Crippen molar-refractivity contribution in [1.29, 1.82) is 0 Å². The van der Waals surface area contributed by atoms with Crippen LogP contribution in [0, 0.1) is 5.92 Å². The van der Waals surface area contributed by atoms with Gasteiger partial charge in [-0.05, 0) is 75.5 Å². The van der Waals surface area contributed by atoms with Crippen molar-refractivity contribution >= 4 is 11.9 Å². The number of urea groups is 1. The second-order valence-corrected chi connectivity index (χ2v) is 8.29. The zero-order chi connectivity index (χ0) is 20.6. The lowest BCUT2D eigenvalue weighted by Gasteiger charge is -2.34. The predicted molar refractivity (Wildman–Crippen MR) is 113 cm³/mol. The Hall–Kier alpha value is -2.28. The maximum atomic E-state index is 12.5. The smallest absolute Gasteiger partial charge is 0.317 e. The summed E-state index contributed by atoms with van der Waals surface area (Å²) in [5, 5.41) is 12.4. The molecule has 0 aliphatic carbocycles. The van der Waals surface area contributed by atoms with Gasteiger partial charge in [0, 0.05) is 38.3 Å². The zero-order valence-corrected chi connectivity index (χ0v) is 17.5. The average Bonchev–Trinajstić information content (AvgIpc) is 2.75. The molecule has 160 valence electrons. The molecule has 2 heterocycles. The van der Waals surface area contributed by atoms with Crippen LogP contribution in [0.3, 0.4) is 0 Å². The van der Waals surface area contributed by atoms with E-state index in [1.54, 1.807) is 21.9 Å². The number of rotatable bonds is 6. The van der Waals surface area contributed by atoms with E-state index in [0.29, 0.717) is 38.3 Å². The highest BCUT2D eigenvalue weighted by Gasteiger charge is 2.24. The third kappa shape index (κ3) is 6.35. The predicted octanol–water partition coefficient (Wildman–Crippen LogP) is 2.37. The molecule has 2 N–H and O–H groups in total. The molecule has 2 aliphatic heterocycles. The largest absolute Gasteiger partial charge is 0.508 e. The summed E-state index contributed by atoms with van der Waals surface area (Å²) in [4.78, 5) is 30.9. The molecule has 0 atom stereocenters. The third-order valence-corrected chi connectivity index (χ3v) is 6.02. The number of unbranched alkanes of at least 4 members (excludes halogenated alkanes) is 1. The first-order valence-electron chi connectivity index (χ1n) is 10.9. The van der Waals surface area contributed by atoms with Crippen molar-refractivity contribution in [2.45, 2.75) is 32.6 Å². The molecule has 29 heavy (non-hydrogen) atoms. The quantitative estimate of drug-likeness (QED) is 0.717. The lowest BCUT2D eigenvalue weighted by Crippen LogP contribution is -2.53. The number of nitrogens with zero attached hydrogens (tertiary/aromatic N) is 3. The minimum atomic E-state index is -0.0582. The number of phenols is 1. The van der Waals surface area contributed by atoms with Gasteiger partial charge in [0.1, 0.15) is 5.75 Å². The Balaban J connectivity index is 1.29. The van der Waals surface area contributed by atoms with E-state index in [9.17, 15) is 14.7 Å². The molecular formula is C22H34N4O3. The van der Waals surface area contributed by atoms with Crippen LogP contribution in [0.5, 0.6) is 5.75 Å². The number of phenolic OH excluding ortho intramolecular Hbond substituents is 1. The van der Waals surface area contributed by atoms with E-state index in [2.05, 4.69) is 17.1 Å². The third-order valence-electron chi connectivity index (χ3n) is 6.02. The van der Waals surface area contributed by atoms with E-state index >= 15 is 0 Å². The van der Waals surface area contributed by atoms with Crippen LogP contribution in [-0.4, -0.2) is 84.1 Å². The molecule has 0 aromatic heterocycles. The number of benzene rings is 1. The van der Waals surface area contributed by atoms with Crippen LogP contribution in [0.15, 0.2) is 24.3 Å². The van der Waals surface area contributed by atoms with Gasteiger partial charge in [-0.2, -0.15) is 0 Å². The first-order chi connectivity index (χ1) is 14.0. The van der Waals surface area contributed by atoms with E-state index in [0.717, 1.165) is 25.3 Å². The van der Waals surface area contributed by atoms with Crippen molar-refractivity contribution in [2.75, 3.05) is 52.4 Å². The second kappa shape index (κ2) is 10.5. The fourth-order valence-electron chi connectivity index (χ4n) is 3.95. The van der Waals surface area contributed by atoms with Crippen LogP contribution in [0.25, 0.3) is 0 Å². The summed E-state index contributed by atoms with van der Waals surface area (Å²) in [6, 6.07) is 6.25. The Bertz CT molecular complexity index is 663. The van der Waals surface area contributed by atoms with Gasteiger partial charge < -0.3 is 25.1 Å². The normalized spacial score (nSPS) is 18.7. The van der Waals surface area contributed by atoms with Crippen LogP contribution in [0.4, 0.5) is 4.79 Å². The Morgan fingerprint density at radius 3 is 2.24 bits per heavy atom. The van der Waals surface area contributed by atoms with E-state index in [4.69, 9.17) is 0 Å². The number of piperidine rings is 1. The van der Waals surface area contributed by atoms with Gasteiger partial charge in [0.25, 0.3) is 5.91 Å². The lowest BCUT2D eigenvalue weighted by atomic mass is 9.99. The Morgan fingerprint density at radius 2 is 1.59 bits per heavy atom. The zero-order valence-electron chi connectivity index (χ0n) is 17.5. The molecule has 2 aliphatic rings. The molecule has 0 saturated carbocycles. The fraction of sp³-hybridized carbons (Fsp3) is 0.636. The standard InChI is InChI=1S/C22H34N4O3/c1-18-8-12-24(13-9-18)11-3-2-10-23-22(29)26-16-14-25(15-17-26)21(28)19-4-6-20(27)7-5-19/h4-7,18,27H,2-3,8-17H2,1H3,(H,23,29). The van der Waals surface area contributed by atoms with Crippen LogP contribution in [-0.2, 0) is 0 Å². The molecule has 0 radical (unpaired) electrons. The minimum absolute atomic E-state index is 0.0338. The molecule has 0 bridgehead atoms. The number of hydrogen-bond donors (Lipinski definition) is 2. The van der Waals surface area contributed by atoms with Crippen molar-refractivity contribution in [1.82, 2.24) is 20.0 Å². The van der Waals surface area contributed by atoms with Gasteiger partial charge in [-0.25, -0.2) is 4.79 Å². The van der Waals surface area contributed by atoms with Crippen molar-refractivity contribution in [3.8, 4) is 5.75 Å². The van der Waals surface area contributed by atoms with Crippen molar-refractivity contribution in [3.05, 3.63) is 29.8 Å². The van der Waals surface area contributed by atoms with E-state index < -0.39 is 0 Å². The van der Waals surface area contributed by atoms with Crippen LogP contribution < -0.4 is 5.32 Å². The maximum absolute atomic E-state index is 12.5. The molecular weight excluding hydrogens is 368 g/mol. The monoisotopic (exact) mass is 402 g/mol. The highest BCUT2D eigenvalue weighted by Crippen LogP contribution is 2.16. The average molecular weight is 403 g/mol. The number of amides is 3. The van der Waals surface area contributed by atoms with Gasteiger partial charge in [-0.15, -0.1) is 0 Å². The summed E-state index contributed by atoms with van der Waals surface area (Å²) < 4.78 is 0. The topological polar surface area (TPSA) is 76.1 Å². The van der Waals surface area contributed by atoms with Crippen molar-refractivity contribution < 1.29 is 14.7 Å². The van der Waals surface area contributed by atoms with E-state index in [-0.39, 0.29) is 17.7 Å². The van der Waals surface area contributed by atoms with Gasteiger partial charge in [-0.1, -0.05) is 6.92 Å². The van der Waals surface area contributed by atoms with Gasteiger partial charge in [0.2, 0.25) is 0 Å². The number of likely N-dealkylation sites (tertiary alicyclic amines) is 1. The van der Waals surface area contributed by atoms with Crippen LogP contribution >= 0.6 is 0 Å². The number of nitrogens with one attached hydrogen (secondary N) is 1. The van der Waals surface area contributed by atoms with Gasteiger partial charge >= 0.3 is 6.03 Å². The Kier molecular flexibility index (Phi) is 7.75. The Morgan fingerprint density at radius 1 is 0.966 bits per heavy atom. The summed E-state index contributed by atoms with van der Waals surface area (Å²) in [5.41, 5.74) is 0.559. The second-order valence-electron chi connectivity index (χ2n) is 8.29. The van der Waals surface area contributed by atoms with Crippen LogP contribution in [0.2, 0.25) is 0 Å². The summed E-state index contributed by atoms with van der Waals surface area (Å²) in [5.74, 6) is 0.952. The number of hydrogen-bond acceptors (Lipinski definition) is 4.